The summed E-state index contributed by atoms with van der Waals surface area (Å²) in [6.45, 7) is 6.88. The van der Waals surface area contributed by atoms with Crippen LogP contribution in [0.25, 0.3) is 11.2 Å². The number of anilines is 2. The van der Waals surface area contributed by atoms with E-state index in [1.165, 1.54) is 6.08 Å². The zero-order valence-corrected chi connectivity index (χ0v) is 29.2. The maximum atomic E-state index is 13.3. The molecule has 0 saturated carbocycles. The van der Waals surface area contributed by atoms with Crippen LogP contribution >= 0.6 is 0 Å². The molecule has 1 aliphatic rings. The number of rotatable bonds is 17. The van der Waals surface area contributed by atoms with E-state index in [1.807, 2.05) is 13.8 Å². The van der Waals surface area contributed by atoms with Crippen molar-refractivity contribution in [3.63, 3.8) is 0 Å². The fourth-order valence-electron chi connectivity index (χ4n) is 5.85. The number of aliphatic hydroxyl groups is 3. The molecule has 3 amide bonds. The molecule has 0 spiro atoms. The molecule has 19 heteroatoms. The van der Waals surface area contributed by atoms with Gasteiger partial charge in [-0.2, -0.15) is 4.98 Å². The molecule has 10 N–H and O–H groups in total. The number of ether oxygens (including phenoxy) is 2. The van der Waals surface area contributed by atoms with Gasteiger partial charge in [0.15, 0.2) is 17.4 Å². The molecule has 1 unspecified atom stereocenters. The number of carbonyl (C=O) groups is 3. The zero-order chi connectivity index (χ0) is 38.1. The Labute approximate surface area is 298 Å². The third-order valence-corrected chi connectivity index (χ3v) is 8.55. The van der Waals surface area contributed by atoms with E-state index in [1.54, 1.807) is 31.3 Å². The maximum Gasteiger partial charge on any atom is 0.414 e. The van der Waals surface area contributed by atoms with E-state index < -0.39 is 66.5 Å². The molecule has 4 rings (SSSR count). The summed E-state index contributed by atoms with van der Waals surface area (Å²) in [5, 5.41) is 41.2. The topological polar surface area (TPSA) is 277 Å². The Bertz CT molecular complexity index is 1840. The number of nitrogens with zero attached hydrogens (tertiary/aromatic N) is 3. The van der Waals surface area contributed by atoms with E-state index in [-0.39, 0.29) is 42.1 Å². The van der Waals surface area contributed by atoms with Crippen molar-refractivity contribution in [2.24, 2.45) is 11.7 Å². The van der Waals surface area contributed by atoms with Crippen LogP contribution in [0.15, 0.2) is 46.5 Å². The second kappa shape index (κ2) is 18.0. The summed E-state index contributed by atoms with van der Waals surface area (Å²) < 4.78 is 12.7. The standard InChI is InChI=1S/C33H47N9O10/c1-5-14-41-23-26(42(33(41)50)30-25(45)24(44)21(15-43)52-30)38-31(39-29(23)48)40-32(49)51-16-18-9-11-19(12-10-18)36-27(46)20(8-6-7-13-34)37-28(47)22(35-4)17(2)3/h5,9-12,17,20-22,24-25,30,35,43-45H,1,6-8,13-16,34H2,2-4H3,(H,36,46)(H,37,47)(H2,38,39,40,48,49)/t20-,21+,22?,24+,25+,30+/m0/s1. The first-order valence-electron chi connectivity index (χ1n) is 16.8. The molecule has 1 aromatic carbocycles. The molecule has 0 radical (unpaired) electrons. The monoisotopic (exact) mass is 729 g/mol. The van der Waals surface area contributed by atoms with Gasteiger partial charge in [0, 0.05) is 12.2 Å². The number of H-pyrrole nitrogens is 1. The first-order valence-corrected chi connectivity index (χ1v) is 16.8. The Morgan fingerprint density at radius 2 is 1.83 bits per heavy atom. The quantitative estimate of drug-likeness (QED) is 0.0611. The Kier molecular flexibility index (Phi) is 13.8. The number of aliphatic hydroxyl groups excluding tert-OH is 3. The van der Waals surface area contributed by atoms with E-state index >= 15 is 0 Å². The number of benzene rings is 1. The average Bonchev–Trinajstić information content (AvgIpc) is 3.54. The zero-order valence-electron chi connectivity index (χ0n) is 29.2. The number of hydrogen-bond acceptors (Lipinski definition) is 13. The minimum atomic E-state index is -1.65. The summed E-state index contributed by atoms with van der Waals surface area (Å²) in [5.74, 6) is -1.06. The number of likely N-dealkylation sites (N-methyl/N-ethyl adjacent to an activating group) is 1. The molecule has 0 aliphatic carbocycles. The number of nitrogens with two attached hydrogens (primary N) is 1. The first-order chi connectivity index (χ1) is 24.8. The fraction of sp³-hybridized carbons (Fsp3) is 0.515. The number of hydrogen-bond donors (Lipinski definition) is 9. The number of fused-ring (bicyclic) bond motifs is 1. The number of aromatic nitrogens is 4. The van der Waals surface area contributed by atoms with E-state index in [0.717, 1.165) is 9.13 Å². The summed E-state index contributed by atoms with van der Waals surface area (Å²) in [4.78, 5) is 71.7. The molecular weight excluding hydrogens is 682 g/mol. The molecule has 1 fully saturated rings. The number of nitrogens with one attached hydrogen (secondary N) is 5. The van der Waals surface area contributed by atoms with E-state index in [2.05, 4.69) is 37.8 Å². The Morgan fingerprint density at radius 3 is 2.42 bits per heavy atom. The first kappa shape index (κ1) is 39.9. The smallest absolute Gasteiger partial charge is 0.414 e. The highest BCUT2D eigenvalue weighted by atomic mass is 16.6. The Morgan fingerprint density at radius 1 is 1.12 bits per heavy atom. The van der Waals surface area contributed by atoms with Gasteiger partial charge in [-0.05, 0) is 56.5 Å². The predicted octanol–water partition coefficient (Wildman–Crippen LogP) is -0.771. The largest absolute Gasteiger partial charge is 0.444 e. The van der Waals surface area contributed by atoms with Gasteiger partial charge in [0.1, 0.15) is 31.0 Å². The van der Waals surface area contributed by atoms with E-state index in [4.69, 9.17) is 15.2 Å². The van der Waals surface area contributed by atoms with Gasteiger partial charge in [-0.15, -0.1) is 6.58 Å². The van der Waals surface area contributed by atoms with Gasteiger partial charge in [-0.25, -0.2) is 14.2 Å². The number of aromatic amines is 1. The predicted molar refractivity (Wildman–Crippen MR) is 189 cm³/mol. The van der Waals surface area contributed by atoms with E-state index in [9.17, 15) is 39.3 Å². The average molecular weight is 730 g/mol. The van der Waals surface area contributed by atoms with Crippen molar-refractivity contribution in [1.29, 1.82) is 0 Å². The van der Waals surface area contributed by atoms with Crippen LogP contribution in [0.1, 0.15) is 44.9 Å². The summed E-state index contributed by atoms with van der Waals surface area (Å²) in [7, 11) is 1.68. The molecule has 3 heterocycles. The Hall–Kier alpha value is -4.92. The molecule has 284 valence electrons. The number of unbranched alkanes of at least 4 members (excludes halogenated alkanes) is 1. The van der Waals surface area contributed by atoms with Gasteiger partial charge in [0.2, 0.25) is 17.8 Å². The van der Waals surface area contributed by atoms with Gasteiger partial charge < -0.3 is 46.5 Å². The SMILES string of the molecule is C=CCn1c(=O)n([C@@H]2O[C@H](CO)[C@@H](O)[C@H]2O)c2nc(NC(=O)OCc3ccc(NC(=O)[C@H](CCCCN)NC(=O)C(NC)C(C)C)cc3)[nH]c(=O)c21. The van der Waals surface area contributed by atoms with Crippen molar-refractivity contribution in [1.82, 2.24) is 29.7 Å². The van der Waals surface area contributed by atoms with Gasteiger partial charge in [0.25, 0.3) is 5.56 Å². The van der Waals surface area contributed by atoms with Crippen LogP contribution in [-0.4, -0.2) is 103 Å². The third kappa shape index (κ3) is 9.11. The van der Waals surface area contributed by atoms with Crippen molar-refractivity contribution in [2.45, 2.75) is 82.9 Å². The number of allylic oxidation sites excluding steroid dienone is 1. The lowest BCUT2D eigenvalue weighted by atomic mass is 10.0. The molecule has 52 heavy (non-hydrogen) atoms. The summed E-state index contributed by atoms with van der Waals surface area (Å²) in [5.41, 5.74) is 4.49. The molecule has 3 aromatic rings. The van der Waals surface area contributed by atoms with Crippen molar-refractivity contribution in [2.75, 3.05) is 30.8 Å². The molecule has 1 aliphatic heterocycles. The van der Waals surface area contributed by atoms with E-state index in [0.29, 0.717) is 37.1 Å². The molecule has 1 saturated heterocycles. The summed E-state index contributed by atoms with van der Waals surface area (Å²) in [6.07, 6.45) is -3.80. The lowest BCUT2D eigenvalue weighted by molar-refractivity contribution is -0.128. The van der Waals surface area contributed by atoms with Crippen molar-refractivity contribution in [3.8, 4) is 0 Å². The highest BCUT2D eigenvalue weighted by Crippen LogP contribution is 2.30. The molecule has 2 aromatic heterocycles. The van der Waals surface area contributed by atoms with Crippen LogP contribution in [0, 0.1) is 5.92 Å². The highest BCUT2D eigenvalue weighted by molar-refractivity contribution is 5.97. The number of carbonyl (C=O) groups excluding carboxylic acids is 3. The number of imidazole rings is 1. The van der Waals surface area contributed by atoms with Crippen LogP contribution < -0.4 is 38.2 Å². The minimum Gasteiger partial charge on any atom is -0.444 e. The van der Waals surface area contributed by atoms with Crippen LogP contribution in [0.3, 0.4) is 0 Å². The fourth-order valence-corrected chi connectivity index (χ4v) is 5.85. The van der Waals surface area contributed by atoms with Crippen molar-refractivity contribution in [3.05, 3.63) is 63.3 Å². The van der Waals surface area contributed by atoms with Gasteiger partial charge in [0.05, 0.1) is 12.6 Å². The molecule has 19 nitrogen and oxygen atoms in total. The second-order valence-corrected chi connectivity index (χ2v) is 12.6. The summed E-state index contributed by atoms with van der Waals surface area (Å²) in [6, 6.07) is 5.20. The van der Waals surface area contributed by atoms with Crippen molar-refractivity contribution >= 4 is 40.7 Å². The lowest BCUT2D eigenvalue weighted by Crippen LogP contribution is -2.52. The van der Waals surface area contributed by atoms with Crippen LogP contribution in [0.4, 0.5) is 16.4 Å². The Balaban J connectivity index is 1.43. The normalized spacial score (nSPS) is 19.7. The summed E-state index contributed by atoms with van der Waals surface area (Å²) >= 11 is 0. The molecule has 0 bridgehead atoms. The molecular formula is C33H47N9O10. The molecule has 6 atom stereocenters. The minimum absolute atomic E-state index is 0.00902. The lowest BCUT2D eigenvalue weighted by Gasteiger charge is -2.24. The van der Waals surface area contributed by atoms with Crippen LogP contribution in [0.5, 0.6) is 0 Å². The number of amides is 3. The maximum absolute atomic E-state index is 13.3. The van der Waals surface area contributed by atoms with Crippen molar-refractivity contribution < 1.29 is 39.2 Å². The van der Waals surface area contributed by atoms with Gasteiger partial charge in [-0.1, -0.05) is 32.1 Å². The van der Waals surface area contributed by atoms with Gasteiger partial charge >= 0.3 is 11.8 Å². The van der Waals surface area contributed by atoms with Crippen LogP contribution in [-0.2, 0) is 32.2 Å². The third-order valence-electron chi connectivity index (χ3n) is 8.55. The van der Waals surface area contributed by atoms with Gasteiger partial charge in [-0.3, -0.25) is 29.3 Å². The van der Waals surface area contributed by atoms with Crippen LogP contribution in [0.2, 0.25) is 0 Å². The highest BCUT2D eigenvalue weighted by Gasteiger charge is 2.45. The second-order valence-electron chi connectivity index (χ2n) is 12.6.